The zero-order valence-corrected chi connectivity index (χ0v) is 19.3. The molecule has 9 heteroatoms. The lowest BCUT2D eigenvalue weighted by atomic mass is 10.0. The maximum absolute atomic E-state index is 12.6. The van der Waals surface area contributed by atoms with Gasteiger partial charge in [0.15, 0.2) is 11.6 Å². The molecule has 32 heavy (non-hydrogen) atoms. The summed E-state index contributed by atoms with van der Waals surface area (Å²) in [5.41, 5.74) is 5.12. The van der Waals surface area contributed by atoms with E-state index >= 15 is 0 Å². The number of aromatic nitrogens is 5. The molecule has 4 aromatic rings. The van der Waals surface area contributed by atoms with Crippen molar-refractivity contribution in [3.8, 4) is 5.82 Å². The number of ether oxygens (including phenoxy) is 1. The first kappa shape index (κ1) is 21.7. The minimum absolute atomic E-state index is 0.0990. The first-order valence-corrected chi connectivity index (χ1v) is 10.6. The molecule has 0 atom stereocenters. The van der Waals surface area contributed by atoms with Crippen molar-refractivity contribution in [2.45, 2.75) is 34.6 Å². The fraction of sp³-hybridized carbons (Fsp3) is 0.261. The molecule has 3 heterocycles. The van der Waals surface area contributed by atoms with Gasteiger partial charge in [-0.25, -0.2) is 19.7 Å². The van der Waals surface area contributed by atoms with Crippen LogP contribution in [0.25, 0.3) is 16.7 Å². The minimum Gasteiger partial charge on any atom is -0.462 e. The van der Waals surface area contributed by atoms with Gasteiger partial charge in [-0.3, -0.25) is 0 Å². The maximum atomic E-state index is 12.6. The molecule has 0 amide bonds. The molecule has 0 spiro atoms. The number of benzene rings is 1. The van der Waals surface area contributed by atoms with E-state index in [1.807, 2.05) is 19.9 Å². The highest BCUT2D eigenvalue weighted by atomic mass is 35.5. The van der Waals surface area contributed by atoms with Crippen LogP contribution in [0.3, 0.4) is 0 Å². The Bertz CT molecular complexity index is 1330. The van der Waals surface area contributed by atoms with E-state index in [0.717, 1.165) is 22.0 Å². The topological polar surface area (TPSA) is 94.8 Å². The standard InChI is InChI=1S/C23H23ClN6O2/c1-6-32-22(31)17-11-25-30(21(17)27-18-10-15(5)26-23(24)28-18)19-9-13(3)16-8-12(2)7-14(4)20(16)29-19/h7-11H,6H2,1-5H3,(H,26,27,28). The lowest BCUT2D eigenvalue weighted by Crippen LogP contribution is -2.11. The lowest BCUT2D eigenvalue weighted by Gasteiger charge is -2.14. The Kier molecular flexibility index (Phi) is 5.80. The summed E-state index contributed by atoms with van der Waals surface area (Å²) in [7, 11) is 0. The molecule has 1 aromatic carbocycles. The van der Waals surface area contributed by atoms with E-state index < -0.39 is 5.97 Å². The van der Waals surface area contributed by atoms with Crippen molar-refractivity contribution in [2.75, 3.05) is 11.9 Å². The second-order valence-corrected chi connectivity index (χ2v) is 7.94. The molecule has 0 unspecified atom stereocenters. The Balaban J connectivity index is 1.90. The lowest BCUT2D eigenvalue weighted by molar-refractivity contribution is 0.0527. The smallest absolute Gasteiger partial charge is 0.343 e. The number of pyridine rings is 1. The molecular weight excluding hydrogens is 428 g/mol. The van der Waals surface area contributed by atoms with Gasteiger partial charge in [-0.1, -0.05) is 11.6 Å². The Morgan fingerprint density at radius 3 is 2.56 bits per heavy atom. The Labute approximate surface area is 190 Å². The Morgan fingerprint density at radius 1 is 1.06 bits per heavy atom. The second-order valence-electron chi connectivity index (χ2n) is 7.60. The predicted octanol–water partition coefficient (Wildman–Crippen LogP) is 5.02. The van der Waals surface area contributed by atoms with Gasteiger partial charge in [0, 0.05) is 17.1 Å². The van der Waals surface area contributed by atoms with Crippen LogP contribution in [-0.4, -0.2) is 37.3 Å². The average molecular weight is 451 g/mol. The summed E-state index contributed by atoms with van der Waals surface area (Å²) in [5.74, 6) is 0.882. The molecule has 0 fully saturated rings. The zero-order chi connectivity index (χ0) is 23.0. The van der Waals surface area contributed by atoms with Gasteiger partial charge in [-0.15, -0.1) is 0 Å². The maximum Gasteiger partial charge on any atom is 0.343 e. The molecule has 3 aromatic heterocycles. The highest BCUT2D eigenvalue weighted by Crippen LogP contribution is 2.28. The summed E-state index contributed by atoms with van der Waals surface area (Å²) < 4.78 is 6.79. The molecular formula is C23H23ClN6O2. The highest BCUT2D eigenvalue weighted by molar-refractivity contribution is 6.28. The number of carbonyl (C=O) groups is 1. The number of aryl methyl sites for hydroxylation is 4. The normalized spacial score (nSPS) is 11.1. The van der Waals surface area contributed by atoms with Crippen molar-refractivity contribution in [1.29, 1.82) is 0 Å². The van der Waals surface area contributed by atoms with Crippen molar-refractivity contribution >= 4 is 40.1 Å². The third-order valence-corrected chi connectivity index (χ3v) is 5.17. The predicted molar refractivity (Wildman–Crippen MR) is 124 cm³/mol. The number of halogens is 1. The van der Waals surface area contributed by atoms with E-state index in [1.165, 1.54) is 11.8 Å². The van der Waals surface area contributed by atoms with Crippen LogP contribution >= 0.6 is 11.6 Å². The van der Waals surface area contributed by atoms with Crippen LogP contribution in [0, 0.1) is 27.7 Å². The number of nitrogens with zero attached hydrogens (tertiary/aromatic N) is 5. The van der Waals surface area contributed by atoms with Gasteiger partial charge >= 0.3 is 5.97 Å². The number of hydrogen-bond donors (Lipinski definition) is 1. The fourth-order valence-corrected chi connectivity index (χ4v) is 3.88. The Morgan fingerprint density at radius 2 is 1.84 bits per heavy atom. The van der Waals surface area contributed by atoms with Crippen molar-refractivity contribution in [3.63, 3.8) is 0 Å². The third kappa shape index (κ3) is 4.13. The first-order valence-electron chi connectivity index (χ1n) is 10.2. The number of carbonyl (C=O) groups excluding carboxylic acids is 1. The van der Waals surface area contributed by atoms with Crippen LogP contribution in [0.4, 0.5) is 11.6 Å². The number of fused-ring (bicyclic) bond motifs is 1. The van der Waals surface area contributed by atoms with Gasteiger partial charge in [0.05, 0.1) is 18.3 Å². The monoisotopic (exact) mass is 450 g/mol. The average Bonchev–Trinajstić information content (AvgIpc) is 3.11. The van der Waals surface area contributed by atoms with Crippen LogP contribution in [0.1, 0.15) is 39.7 Å². The quantitative estimate of drug-likeness (QED) is 0.337. The molecule has 1 N–H and O–H groups in total. The molecule has 0 aliphatic heterocycles. The summed E-state index contributed by atoms with van der Waals surface area (Å²) >= 11 is 6.03. The molecule has 8 nitrogen and oxygen atoms in total. The summed E-state index contributed by atoms with van der Waals surface area (Å²) in [6.07, 6.45) is 1.46. The zero-order valence-electron chi connectivity index (χ0n) is 18.5. The molecule has 0 saturated heterocycles. The molecule has 0 aliphatic rings. The van der Waals surface area contributed by atoms with E-state index in [0.29, 0.717) is 23.1 Å². The van der Waals surface area contributed by atoms with E-state index in [2.05, 4.69) is 39.4 Å². The molecule has 4 rings (SSSR count). The first-order chi connectivity index (χ1) is 15.3. The SMILES string of the molecule is CCOC(=O)c1cnn(-c2cc(C)c3cc(C)cc(C)c3n2)c1Nc1cc(C)nc(Cl)n1. The number of hydrogen-bond acceptors (Lipinski definition) is 7. The molecule has 0 radical (unpaired) electrons. The highest BCUT2D eigenvalue weighted by Gasteiger charge is 2.22. The fourth-order valence-electron chi connectivity index (χ4n) is 3.65. The largest absolute Gasteiger partial charge is 0.462 e. The minimum atomic E-state index is -0.498. The third-order valence-electron chi connectivity index (χ3n) is 5.00. The van der Waals surface area contributed by atoms with E-state index in [9.17, 15) is 4.79 Å². The summed E-state index contributed by atoms with van der Waals surface area (Å²) in [6.45, 7) is 9.93. The van der Waals surface area contributed by atoms with Gasteiger partial charge in [0.25, 0.3) is 0 Å². The van der Waals surface area contributed by atoms with Crippen molar-refractivity contribution in [1.82, 2.24) is 24.7 Å². The van der Waals surface area contributed by atoms with Gasteiger partial charge in [0.1, 0.15) is 11.4 Å². The van der Waals surface area contributed by atoms with Gasteiger partial charge in [0.2, 0.25) is 5.28 Å². The van der Waals surface area contributed by atoms with E-state index in [-0.39, 0.29) is 17.5 Å². The van der Waals surface area contributed by atoms with Gasteiger partial charge in [-0.05, 0) is 69.5 Å². The number of nitrogens with one attached hydrogen (secondary N) is 1. The number of rotatable bonds is 5. The van der Waals surface area contributed by atoms with E-state index in [4.69, 9.17) is 21.3 Å². The van der Waals surface area contributed by atoms with Crippen LogP contribution in [-0.2, 0) is 4.74 Å². The summed E-state index contributed by atoms with van der Waals surface area (Å²) in [5, 5.41) is 8.78. The van der Waals surface area contributed by atoms with Crippen LogP contribution in [0.5, 0.6) is 0 Å². The molecule has 0 saturated carbocycles. The van der Waals surface area contributed by atoms with Crippen LogP contribution in [0.15, 0.2) is 30.5 Å². The summed E-state index contributed by atoms with van der Waals surface area (Å²) in [6, 6.07) is 7.87. The second kappa shape index (κ2) is 8.55. The molecule has 0 bridgehead atoms. The molecule has 164 valence electrons. The number of esters is 1. The van der Waals surface area contributed by atoms with Crippen LogP contribution < -0.4 is 5.32 Å². The Hall–Kier alpha value is -3.52. The van der Waals surface area contributed by atoms with E-state index in [1.54, 1.807) is 24.6 Å². The van der Waals surface area contributed by atoms with Crippen molar-refractivity contribution in [2.24, 2.45) is 0 Å². The number of anilines is 2. The van der Waals surface area contributed by atoms with Crippen molar-refractivity contribution < 1.29 is 9.53 Å². The van der Waals surface area contributed by atoms with Gasteiger partial charge < -0.3 is 10.1 Å². The molecule has 0 aliphatic carbocycles. The van der Waals surface area contributed by atoms with Crippen molar-refractivity contribution in [3.05, 3.63) is 63.7 Å². The van der Waals surface area contributed by atoms with Crippen LogP contribution in [0.2, 0.25) is 5.28 Å². The summed E-state index contributed by atoms with van der Waals surface area (Å²) in [4.78, 5) is 25.8. The van der Waals surface area contributed by atoms with Gasteiger partial charge in [-0.2, -0.15) is 9.78 Å².